The van der Waals surface area contributed by atoms with E-state index in [0.717, 1.165) is 11.1 Å². The summed E-state index contributed by atoms with van der Waals surface area (Å²) in [6, 6.07) is 12.7. The molecule has 3 aromatic carbocycles. The van der Waals surface area contributed by atoms with Crippen molar-refractivity contribution >= 4 is 40.1 Å². The van der Waals surface area contributed by atoms with Gasteiger partial charge < -0.3 is 10.3 Å². The number of rotatable bonds is 6. The summed E-state index contributed by atoms with van der Waals surface area (Å²) in [6.07, 6.45) is 1.51. The fraction of sp³-hybridized carbons (Fsp3) is 0.179. The molecule has 0 spiro atoms. The van der Waals surface area contributed by atoms with Crippen LogP contribution in [-0.2, 0) is 0 Å². The Balaban J connectivity index is 1.49. The van der Waals surface area contributed by atoms with Crippen molar-refractivity contribution in [1.29, 1.82) is 0 Å². The lowest BCUT2D eigenvalue weighted by Crippen LogP contribution is -2.32. The van der Waals surface area contributed by atoms with E-state index in [4.69, 9.17) is 23.2 Å². The van der Waals surface area contributed by atoms with Gasteiger partial charge in [-0.25, -0.2) is 19.0 Å². The van der Waals surface area contributed by atoms with E-state index in [9.17, 15) is 14.0 Å². The third-order valence-electron chi connectivity index (χ3n) is 6.51. The summed E-state index contributed by atoms with van der Waals surface area (Å²) in [4.78, 5) is 38.0. The topological polar surface area (TPSA) is 106 Å². The van der Waals surface area contributed by atoms with E-state index in [1.807, 2.05) is 26.0 Å². The molecule has 11 heteroatoms. The second kappa shape index (κ2) is 10.6. The van der Waals surface area contributed by atoms with Crippen LogP contribution < -0.4 is 10.9 Å². The van der Waals surface area contributed by atoms with E-state index in [1.165, 1.54) is 23.1 Å². The molecule has 5 aromatic rings. The van der Waals surface area contributed by atoms with Gasteiger partial charge in [-0.15, -0.1) is 0 Å². The Bertz CT molecular complexity index is 1780. The van der Waals surface area contributed by atoms with Crippen LogP contribution in [0.4, 0.5) is 4.39 Å². The highest BCUT2D eigenvalue weighted by atomic mass is 35.5. The molecule has 0 aliphatic carbocycles. The molecule has 0 aliphatic rings. The summed E-state index contributed by atoms with van der Waals surface area (Å²) in [5.41, 5.74) is 3.99. The molecule has 0 bridgehead atoms. The fourth-order valence-electron chi connectivity index (χ4n) is 4.35. The Hall–Kier alpha value is -4.08. The summed E-state index contributed by atoms with van der Waals surface area (Å²) >= 11 is 12.9. The summed E-state index contributed by atoms with van der Waals surface area (Å²) in [5, 5.41) is 7.25. The minimum atomic E-state index is -0.755. The van der Waals surface area contributed by atoms with Crippen LogP contribution in [0.1, 0.15) is 44.5 Å². The van der Waals surface area contributed by atoms with Crippen molar-refractivity contribution in [3.8, 4) is 5.69 Å². The van der Waals surface area contributed by atoms with Crippen LogP contribution in [0.2, 0.25) is 10.0 Å². The largest absolute Gasteiger partial charge is 0.351 e. The van der Waals surface area contributed by atoms with Crippen molar-refractivity contribution < 1.29 is 9.18 Å². The number of halogens is 3. The Labute approximate surface area is 232 Å². The molecule has 39 heavy (non-hydrogen) atoms. The predicted molar refractivity (Wildman–Crippen MR) is 149 cm³/mol. The van der Waals surface area contributed by atoms with Crippen molar-refractivity contribution in [2.75, 3.05) is 6.54 Å². The lowest BCUT2D eigenvalue weighted by molar-refractivity contribution is 0.0952. The molecule has 1 atom stereocenters. The van der Waals surface area contributed by atoms with Crippen LogP contribution in [0.25, 0.3) is 16.7 Å². The van der Waals surface area contributed by atoms with Gasteiger partial charge in [0.2, 0.25) is 0 Å². The molecular formula is C28H23Cl2FN6O2. The first kappa shape index (κ1) is 26.5. The fourth-order valence-corrected chi connectivity index (χ4v) is 5.00. The van der Waals surface area contributed by atoms with Gasteiger partial charge in [0.15, 0.2) is 0 Å². The summed E-state index contributed by atoms with van der Waals surface area (Å²) in [5.74, 6) is -1.22. The minimum Gasteiger partial charge on any atom is -0.351 e. The SMILES string of the molecule is Cc1ncn(-c2cc(Cl)c(C(=O)NCC(c3cccc(F)c3)c3nc4cc(C)c(C)cc4[nH]c3=O)c(Cl)c2)n1. The van der Waals surface area contributed by atoms with Crippen LogP contribution in [0, 0.1) is 26.6 Å². The van der Waals surface area contributed by atoms with Crippen LogP contribution >= 0.6 is 23.2 Å². The average Bonchev–Trinajstić information content (AvgIpc) is 3.31. The van der Waals surface area contributed by atoms with Crippen molar-refractivity contribution in [3.63, 3.8) is 0 Å². The highest BCUT2D eigenvalue weighted by Crippen LogP contribution is 2.29. The monoisotopic (exact) mass is 564 g/mol. The first-order chi connectivity index (χ1) is 18.6. The maximum Gasteiger partial charge on any atom is 0.270 e. The molecule has 1 amide bonds. The van der Waals surface area contributed by atoms with E-state index < -0.39 is 23.2 Å². The van der Waals surface area contributed by atoms with Gasteiger partial charge in [-0.1, -0.05) is 35.3 Å². The summed E-state index contributed by atoms with van der Waals surface area (Å²) < 4.78 is 15.7. The third-order valence-corrected chi connectivity index (χ3v) is 7.10. The van der Waals surface area contributed by atoms with Gasteiger partial charge in [0.25, 0.3) is 11.5 Å². The van der Waals surface area contributed by atoms with E-state index in [2.05, 4.69) is 25.4 Å². The van der Waals surface area contributed by atoms with Gasteiger partial charge in [-0.05, 0) is 73.9 Å². The Morgan fingerprint density at radius 1 is 1.08 bits per heavy atom. The third kappa shape index (κ3) is 5.41. The number of hydrogen-bond donors (Lipinski definition) is 2. The van der Waals surface area contributed by atoms with E-state index in [0.29, 0.717) is 28.1 Å². The summed E-state index contributed by atoms with van der Waals surface area (Å²) in [7, 11) is 0. The van der Waals surface area contributed by atoms with Gasteiger partial charge in [0, 0.05) is 12.5 Å². The number of benzene rings is 3. The zero-order valence-corrected chi connectivity index (χ0v) is 22.7. The van der Waals surface area contributed by atoms with Crippen LogP contribution in [0.5, 0.6) is 0 Å². The lowest BCUT2D eigenvalue weighted by Gasteiger charge is -2.19. The number of aromatic nitrogens is 5. The molecule has 2 heterocycles. The second-order valence-electron chi connectivity index (χ2n) is 9.24. The first-order valence-corrected chi connectivity index (χ1v) is 12.8. The molecule has 1 unspecified atom stereocenters. The number of H-pyrrole nitrogens is 1. The number of nitrogens with zero attached hydrogens (tertiary/aromatic N) is 4. The molecule has 2 aromatic heterocycles. The molecule has 0 fully saturated rings. The Morgan fingerprint density at radius 2 is 1.79 bits per heavy atom. The molecule has 0 aliphatic heterocycles. The van der Waals surface area contributed by atoms with Crippen molar-refractivity contribution in [1.82, 2.24) is 30.0 Å². The zero-order chi connectivity index (χ0) is 27.8. The number of hydrogen-bond acceptors (Lipinski definition) is 5. The summed E-state index contributed by atoms with van der Waals surface area (Å²) in [6.45, 7) is 5.58. The van der Waals surface area contributed by atoms with Crippen LogP contribution in [-0.4, -0.2) is 37.2 Å². The first-order valence-electron chi connectivity index (χ1n) is 12.0. The zero-order valence-electron chi connectivity index (χ0n) is 21.2. The molecule has 0 saturated heterocycles. The van der Waals surface area contributed by atoms with Crippen LogP contribution in [0.15, 0.2) is 59.7 Å². The molecule has 5 rings (SSSR count). The molecule has 0 saturated carbocycles. The van der Waals surface area contributed by atoms with E-state index in [-0.39, 0.29) is 27.8 Å². The highest BCUT2D eigenvalue weighted by Gasteiger charge is 2.24. The van der Waals surface area contributed by atoms with Crippen molar-refractivity contribution in [2.45, 2.75) is 26.7 Å². The van der Waals surface area contributed by atoms with Crippen molar-refractivity contribution in [2.24, 2.45) is 0 Å². The number of carbonyl (C=O) groups is 1. The van der Waals surface area contributed by atoms with Crippen molar-refractivity contribution in [3.05, 3.63) is 115 Å². The Kier molecular flexibility index (Phi) is 7.20. The predicted octanol–water partition coefficient (Wildman–Crippen LogP) is 5.44. The number of aryl methyl sites for hydroxylation is 3. The van der Waals surface area contributed by atoms with Gasteiger partial charge in [0.1, 0.15) is 23.7 Å². The van der Waals surface area contributed by atoms with Gasteiger partial charge in [0.05, 0.1) is 32.3 Å². The second-order valence-corrected chi connectivity index (χ2v) is 10.1. The molecular weight excluding hydrogens is 542 g/mol. The molecule has 2 N–H and O–H groups in total. The Morgan fingerprint density at radius 3 is 2.46 bits per heavy atom. The van der Waals surface area contributed by atoms with Crippen LogP contribution in [0.3, 0.4) is 0 Å². The number of aromatic amines is 1. The maximum absolute atomic E-state index is 14.2. The van der Waals surface area contributed by atoms with Gasteiger partial charge >= 0.3 is 0 Å². The minimum absolute atomic E-state index is 0.0587. The maximum atomic E-state index is 14.2. The number of fused-ring (bicyclic) bond motifs is 1. The van der Waals surface area contributed by atoms with E-state index in [1.54, 1.807) is 31.2 Å². The standard InChI is InChI=1S/C28H23Cl2FN6O2/c1-14-7-23-24(8-15(14)2)35-28(39)26(34-23)20(17-5-4-6-18(31)9-17)12-32-27(38)25-21(29)10-19(11-22(25)30)37-13-33-16(3)36-37/h4-11,13,20H,12H2,1-3H3,(H,32,38)(H,35,39). The molecule has 8 nitrogen and oxygen atoms in total. The van der Waals surface area contributed by atoms with E-state index >= 15 is 0 Å². The smallest absolute Gasteiger partial charge is 0.270 e. The normalized spacial score (nSPS) is 12.1. The van der Waals surface area contributed by atoms with Gasteiger partial charge in [-0.2, -0.15) is 5.10 Å². The molecule has 198 valence electrons. The van der Waals surface area contributed by atoms with Gasteiger partial charge in [-0.3, -0.25) is 9.59 Å². The number of carbonyl (C=O) groups excluding carboxylic acids is 1. The number of nitrogens with one attached hydrogen (secondary N) is 2. The quantitative estimate of drug-likeness (QED) is 0.286. The number of amides is 1. The molecule has 0 radical (unpaired) electrons. The highest BCUT2D eigenvalue weighted by molar-refractivity contribution is 6.40. The average molecular weight is 565 g/mol. The lowest BCUT2D eigenvalue weighted by atomic mass is 9.95.